The van der Waals surface area contributed by atoms with Crippen LogP contribution in [-0.2, 0) is 11.3 Å². The van der Waals surface area contributed by atoms with Crippen molar-refractivity contribution in [2.45, 2.75) is 32.9 Å². The monoisotopic (exact) mass is 446 g/mol. The third kappa shape index (κ3) is 4.42. The molecule has 146 valence electrons. The van der Waals surface area contributed by atoms with Crippen molar-refractivity contribution in [1.29, 1.82) is 0 Å². The van der Waals surface area contributed by atoms with E-state index in [2.05, 4.69) is 21.2 Å². The minimum Gasteiger partial charge on any atom is -0.490 e. The highest BCUT2D eigenvalue weighted by molar-refractivity contribution is 9.10. The Morgan fingerprint density at radius 1 is 1.25 bits per heavy atom. The fourth-order valence-electron chi connectivity index (χ4n) is 2.68. The van der Waals surface area contributed by atoms with Crippen LogP contribution in [0.5, 0.6) is 5.75 Å². The largest absolute Gasteiger partial charge is 0.490 e. The van der Waals surface area contributed by atoms with Crippen molar-refractivity contribution in [3.63, 3.8) is 0 Å². The summed E-state index contributed by atoms with van der Waals surface area (Å²) in [7, 11) is 0. The summed E-state index contributed by atoms with van der Waals surface area (Å²) < 4.78 is 20.4. The third-order valence-electron chi connectivity index (χ3n) is 4.42. The molecule has 7 heteroatoms. The standard InChI is InChI=1S/C21H20BrFN2O3/c1-3-13(2)28-19-9-8-14(10-16(19)22)11-18-20(26)25(21(27)24-18)12-15-6-4-5-7-17(15)23/h4-11,13H,3,12H2,1-2H3,(H,24,27)/b18-11+/t13-/m0/s1. The number of benzene rings is 2. The molecule has 3 rings (SSSR count). The zero-order chi connectivity index (χ0) is 20.3. The number of urea groups is 1. The van der Waals surface area contributed by atoms with Gasteiger partial charge >= 0.3 is 6.03 Å². The SMILES string of the molecule is CC[C@H](C)Oc1ccc(/C=C2/NC(=O)N(Cc3ccccc3F)C2=O)cc1Br. The zero-order valence-electron chi connectivity index (χ0n) is 15.5. The summed E-state index contributed by atoms with van der Waals surface area (Å²) in [5, 5.41) is 2.55. The molecule has 0 radical (unpaired) electrons. The number of imide groups is 1. The molecule has 0 bridgehead atoms. The Morgan fingerprint density at radius 3 is 2.68 bits per heavy atom. The van der Waals surface area contributed by atoms with Gasteiger partial charge in [0.05, 0.1) is 17.1 Å². The molecule has 28 heavy (non-hydrogen) atoms. The second kappa shape index (κ2) is 8.56. The number of hydrogen-bond acceptors (Lipinski definition) is 3. The number of amides is 3. The van der Waals surface area contributed by atoms with Gasteiger partial charge in [0.15, 0.2) is 0 Å². The first kappa shape index (κ1) is 20.1. The minimum atomic E-state index is -0.574. The molecule has 1 aliphatic rings. The van der Waals surface area contributed by atoms with E-state index < -0.39 is 17.8 Å². The van der Waals surface area contributed by atoms with Crippen molar-refractivity contribution in [3.8, 4) is 5.75 Å². The lowest BCUT2D eigenvalue weighted by atomic mass is 10.1. The number of carbonyl (C=O) groups is 2. The van der Waals surface area contributed by atoms with Gasteiger partial charge in [-0.15, -0.1) is 0 Å². The van der Waals surface area contributed by atoms with Gasteiger partial charge in [0.25, 0.3) is 5.91 Å². The van der Waals surface area contributed by atoms with E-state index in [-0.39, 0.29) is 23.9 Å². The van der Waals surface area contributed by atoms with Gasteiger partial charge in [-0.25, -0.2) is 9.18 Å². The second-order valence-electron chi connectivity index (χ2n) is 6.50. The van der Waals surface area contributed by atoms with Crippen molar-refractivity contribution in [2.75, 3.05) is 0 Å². The van der Waals surface area contributed by atoms with Crippen molar-refractivity contribution >= 4 is 33.9 Å². The molecule has 1 atom stereocenters. The van der Waals surface area contributed by atoms with Crippen molar-refractivity contribution in [3.05, 3.63) is 69.6 Å². The number of hydrogen-bond donors (Lipinski definition) is 1. The molecular formula is C21H20BrFN2O3. The number of carbonyl (C=O) groups excluding carboxylic acids is 2. The van der Waals surface area contributed by atoms with Crippen LogP contribution in [0.25, 0.3) is 6.08 Å². The van der Waals surface area contributed by atoms with Gasteiger partial charge in [0, 0.05) is 5.56 Å². The van der Waals surface area contributed by atoms with Gasteiger partial charge in [-0.2, -0.15) is 0 Å². The predicted octanol–water partition coefficient (Wildman–Crippen LogP) is 4.86. The number of nitrogens with zero attached hydrogens (tertiary/aromatic N) is 1. The molecule has 1 N–H and O–H groups in total. The first-order chi connectivity index (χ1) is 13.4. The summed E-state index contributed by atoms with van der Waals surface area (Å²) in [5.74, 6) is -0.245. The second-order valence-corrected chi connectivity index (χ2v) is 7.35. The molecular weight excluding hydrogens is 427 g/mol. The van der Waals surface area contributed by atoms with E-state index in [0.717, 1.165) is 21.4 Å². The molecule has 1 heterocycles. The van der Waals surface area contributed by atoms with Gasteiger partial charge in [-0.05, 0) is 59.1 Å². The van der Waals surface area contributed by atoms with Crippen LogP contribution in [0, 0.1) is 5.82 Å². The van der Waals surface area contributed by atoms with E-state index >= 15 is 0 Å². The van der Waals surface area contributed by atoms with E-state index in [9.17, 15) is 14.0 Å². The molecule has 1 fully saturated rings. The first-order valence-electron chi connectivity index (χ1n) is 8.93. The van der Waals surface area contributed by atoms with Crippen LogP contribution in [0.4, 0.5) is 9.18 Å². The van der Waals surface area contributed by atoms with Gasteiger partial charge in [-0.1, -0.05) is 31.2 Å². The Kier molecular flexibility index (Phi) is 6.14. The molecule has 5 nitrogen and oxygen atoms in total. The number of rotatable bonds is 6. The number of nitrogens with one attached hydrogen (secondary N) is 1. The molecule has 0 unspecified atom stereocenters. The van der Waals surface area contributed by atoms with Crippen LogP contribution in [0.1, 0.15) is 31.4 Å². The Labute approximate surface area is 171 Å². The Bertz CT molecular complexity index is 945. The maximum Gasteiger partial charge on any atom is 0.329 e. The average molecular weight is 447 g/mol. The smallest absolute Gasteiger partial charge is 0.329 e. The number of halogens is 2. The lowest BCUT2D eigenvalue weighted by molar-refractivity contribution is -0.123. The quantitative estimate of drug-likeness (QED) is 0.509. The van der Waals surface area contributed by atoms with E-state index in [0.29, 0.717) is 5.75 Å². The molecule has 1 aliphatic heterocycles. The maximum absolute atomic E-state index is 13.8. The van der Waals surface area contributed by atoms with E-state index in [1.807, 2.05) is 19.9 Å². The van der Waals surface area contributed by atoms with Crippen LogP contribution in [-0.4, -0.2) is 22.9 Å². The van der Waals surface area contributed by atoms with Crippen LogP contribution in [0.3, 0.4) is 0 Å². The molecule has 0 spiro atoms. The summed E-state index contributed by atoms with van der Waals surface area (Å²) in [4.78, 5) is 25.8. The van der Waals surface area contributed by atoms with Crippen LogP contribution in [0.2, 0.25) is 0 Å². The minimum absolute atomic E-state index is 0.0862. The fourth-order valence-corrected chi connectivity index (χ4v) is 3.17. The summed E-state index contributed by atoms with van der Waals surface area (Å²) in [6, 6.07) is 10.9. The van der Waals surface area contributed by atoms with Crippen LogP contribution in [0.15, 0.2) is 52.6 Å². The molecule has 3 amide bonds. The molecule has 2 aromatic rings. The third-order valence-corrected chi connectivity index (χ3v) is 5.04. The molecule has 2 aromatic carbocycles. The van der Waals surface area contributed by atoms with Gasteiger partial charge in [-0.3, -0.25) is 9.69 Å². The normalized spacial score (nSPS) is 16.4. The van der Waals surface area contributed by atoms with Crippen molar-refractivity contribution in [2.24, 2.45) is 0 Å². The molecule has 0 saturated carbocycles. The predicted molar refractivity (Wildman–Crippen MR) is 108 cm³/mol. The van der Waals surface area contributed by atoms with E-state index in [1.54, 1.807) is 36.4 Å². The molecule has 0 aliphatic carbocycles. The van der Waals surface area contributed by atoms with Gasteiger partial charge in [0.2, 0.25) is 0 Å². The fraction of sp³-hybridized carbons (Fsp3) is 0.238. The van der Waals surface area contributed by atoms with Crippen LogP contribution >= 0.6 is 15.9 Å². The summed E-state index contributed by atoms with van der Waals surface area (Å²) in [5.41, 5.74) is 1.14. The average Bonchev–Trinajstić information content (AvgIpc) is 2.93. The summed E-state index contributed by atoms with van der Waals surface area (Å²) >= 11 is 3.47. The van der Waals surface area contributed by atoms with Crippen molar-refractivity contribution in [1.82, 2.24) is 10.2 Å². The lowest BCUT2D eigenvalue weighted by Gasteiger charge is -2.14. The lowest BCUT2D eigenvalue weighted by Crippen LogP contribution is -2.30. The Morgan fingerprint density at radius 2 is 2.00 bits per heavy atom. The maximum atomic E-state index is 13.8. The highest BCUT2D eigenvalue weighted by Gasteiger charge is 2.34. The first-order valence-corrected chi connectivity index (χ1v) is 9.72. The summed E-state index contributed by atoms with van der Waals surface area (Å²) in [6.07, 6.45) is 2.55. The molecule has 1 saturated heterocycles. The Balaban J connectivity index is 1.78. The van der Waals surface area contributed by atoms with Crippen LogP contribution < -0.4 is 10.1 Å². The van der Waals surface area contributed by atoms with Gasteiger partial charge in [0.1, 0.15) is 17.3 Å². The highest BCUT2D eigenvalue weighted by Crippen LogP contribution is 2.28. The Hall–Kier alpha value is -2.67. The number of ether oxygens (including phenoxy) is 1. The van der Waals surface area contributed by atoms with E-state index in [1.165, 1.54) is 6.07 Å². The topological polar surface area (TPSA) is 58.6 Å². The highest BCUT2D eigenvalue weighted by atomic mass is 79.9. The zero-order valence-corrected chi connectivity index (χ0v) is 17.1. The van der Waals surface area contributed by atoms with E-state index in [4.69, 9.17) is 4.74 Å². The molecule has 0 aromatic heterocycles. The van der Waals surface area contributed by atoms with Crippen molar-refractivity contribution < 1.29 is 18.7 Å². The van der Waals surface area contributed by atoms with Gasteiger partial charge < -0.3 is 10.1 Å². The summed E-state index contributed by atoms with van der Waals surface area (Å²) in [6.45, 7) is 3.90.